The number of aliphatic hydroxyl groups is 1. The third-order valence-electron chi connectivity index (χ3n) is 3.84. The molecule has 2 aliphatic carbocycles. The first-order valence-corrected chi connectivity index (χ1v) is 4.64. The maximum atomic E-state index is 9.33. The lowest BCUT2D eigenvalue weighted by Crippen LogP contribution is -2.20. The molecule has 0 saturated heterocycles. The zero-order valence-corrected chi connectivity index (χ0v) is 7.31. The summed E-state index contributed by atoms with van der Waals surface area (Å²) in [7, 11) is -2.28. The van der Waals surface area contributed by atoms with Gasteiger partial charge in [0.1, 0.15) is 0 Å². The van der Waals surface area contributed by atoms with Crippen LogP contribution < -0.4 is 0 Å². The summed E-state index contributed by atoms with van der Waals surface area (Å²) in [5, 5.41) is 9.33. The van der Waals surface area contributed by atoms with Gasteiger partial charge < -0.3 is 9.84 Å². The van der Waals surface area contributed by atoms with E-state index >= 15 is 0 Å². The predicted octanol–water partition coefficient (Wildman–Crippen LogP) is 1.58. The van der Waals surface area contributed by atoms with Gasteiger partial charge in [0.2, 0.25) is 0 Å². The van der Waals surface area contributed by atoms with Gasteiger partial charge in [-0.2, -0.15) is 0 Å². The molecule has 1 N–H and O–H groups in total. The van der Waals surface area contributed by atoms with Crippen molar-refractivity contribution < 1.29 is 14.0 Å². The van der Waals surface area contributed by atoms with Crippen molar-refractivity contribution >= 4 is 0 Å². The fourth-order valence-electron chi connectivity index (χ4n) is 3.02. The largest absolute Gasteiger partial charge is 0.396 e. The topological polar surface area (TPSA) is 29.5 Å². The molecule has 0 spiro atoms. The van der Waals surface area contributed by atoms with Gasteiger partial charge in [0, 0.05) is 13.6 Å². The smallest absolute Gasteiger partial charge is 0.0530 e. The number of hydrogen-bond donors (Lipinski definition) is 1. The van der Waals surface area contributed by atoms with Gasteiger partial charge in [0.05, 0.1) is 10.7 Å². The predicted molar refractivity (Wildman–Crippen MR) is 46.9 cm³/mol. The first-order valence-electron chi connectivity index (χ1n) is 6.14. The van der Waals surface area contributed by atoms with Crippen molar-refractivity contribution in [2.24, 2.45) is 10.8 Å². The quantitative estimate of drug-likeness (QED) is 0.702. The number of rotatable bonds is 3. The number of aliphatic hydroxyl groups excluding tert-OH is 1. The van der Waals surface area contributed by atoms with Crippen LogP contribution in [0.5, 0.6) is 0 Å². The third-order valence-corrected chi connectivity index (χ3v) is 3.84. The Balaban J connectivity index is 1.94. The van der Waals surface area contributed by atoms with E-state index in [2.05, 4.69) is 0 Å². The van der Waals surface area contributed by atoms with E-state index in [0.29, 0.717) is 6.61 Å². The van der Waals surface area contributed by atoms with E-state index in [1.54, 1.807) is 0 Å². The van der Waals surface area contributed by atoms with Gasteiger partial charge in [-0.1, -0.05) is 0 Å². The average molecular weight is 173 g/mol. The Kier molecular flexibility index (Phi) is 1.27. The summed E-state index contributed by atoms with van der Waals surface area (Å²) >= 11 is 0. The molecule has 2 nitrogen and oxygen atoms in total. The molecule has 70 valence electrons. The summed E-state index contributed by atoms with van der Waals surface area (Å²) < 4.78 is 26.0. The Bertz CT molecular complexity index is 242. The van der Waals surface area contributed by atoms with E-state index in [4.69, 9.17) is 8.85 Å². The summed E-state index contributed by atoms with van der Waals surface area (Å²) in [5.74, 6) is 0. The highest BCUT2D eigenvalue weighted by Crippen LogP contribution is 2.61. The Morgan fingerprint density at radius 3 is 2.50 bits per heavy atom. The van der Waals surface area contributed by atoms with Crippen LogP contribution in [0.1, 0.15) is 36.2 Å². The van der Waals surface area contributed by atoms with Crippen molar-refractivity contribution in [1.29, 1.82) is 0 Å². The summed E-state index contributed by atoms with van der Waals surface area (Å²) in [4.78, 5) is 0. The lowest BCUT2D eigenvalue weighted by atomic mass is 9.83. The monoisotopic (exact) mass is 173 g/mol. The first kappa shape index (κ1) is 5.61. The molecule has 0 aromatic rings. The van der Waals surface area contributed by atoms with Crippen LogP contribution in [0, 0.1) is 10.8 Å². The second kappa shape index (κ2) is 2.71. The molecule has 2 rings (SSSR count). The molecule has 2 fully saturated rings. The first-order chi connectivity index (χ1) is 6.89. The van der Waals surface area contributed by atoms with Gasteiger partial charge in [0.25, 0.3) is 0 Å². The molecule has 0 unspecified atom stereocenters. The van der Waals surface area contributed by atoms with E-state index in [9.17, 15) is 5.11 Å². The second-order valence-corrected chi connectivity index (χ2v) is 4.62. The molecule has 0 heterocycles. The second-order valence-electron chi connectivity index (χ2n) is 4.62. The number of hydrogen-bond acceptors (Lipinski definition) is 2. The Morgan fingerprint density at radius 2 is 2.00 bits per heavy atom. The van der Waals surface area contributed by atoms with E-state index in [1.807, 2.05) is 0 Å². The lowest BCUT2D eigenvalue weighted by Gasteiger charge is -2.25. The van der Waals surface area contributed by atoms with Crippen LogP contribution in [-0.2, 0) is 4.74 Å². The molecular weight excluding hydrogens is 152 g/mol. The van der Waals surface area contributed by atoms with Crippen LogP contribution >= 0.6 is 0 Å². The van der Waals surface area contributed by atoms with Crippen LogP contribution in [0.2, 0.25) is 0 Å². The molecule has 0 aromatic heterocycles. The van der Waals surface area contributed by atoms with Crippen LogP contribution in [0.4, 0.5) is 0 Å². The zero-order valence-electron chi connectivity index (χ0n) is 10.3. The normalized spacial score (nSPS) is 50.2. The molecule has 2 saturated carbocycles. The molecule has 0 aliphatic heterocycles. The highest BCUT2D eigenvalue weighted by atomic mass is 16.5. The Hall–Kier alpha value is -0.0800. The van der Waals surface area contributed by atoms with Crippen molar-refractivity contribution in [2.45, 2.75) is 32.1 Å². The summed E-state index contributed by atoms with van der Waals surface area (Å²) in [5.41, 5.74) is 0.120. The minimum atomic E-state index is -2.28. The maximum Gasteiger partial charge on any atom is 0.0530 e. The molecule has 0 radical (unpaired) electrons. The summed E-state index contributed by atoms with van der Waals surface area (Å²) in [6, 6.07) is 0. The van der Waals surface area contributed by atoms with Crippen molar-refractivity contribution in [2.75, 3.05) is 20.3 Å². The SMILES string of the molecule is [2H]C([2H])([2H])OCC12CCC(CO)(CC1)C2. The van der Waals surface area contributed by atoms with Gasteiger partial charge in [-0.15, -0.1) is 0 Å². The van der Waals surface area contributed by atoms with Crippen molar-refractivity contribution in [3.8, 4) is 0 Å². The van der Waals surface area contributed by atoms with Gasteiger partial charge in [-0.3, -0.25) is 0 Å². The van der Waals surface area contributed by atoms with E-state index in [0.717, 1.165) is 32.1 Å². The van der Waals surface area contributed by atoms with E-state index in [-0.39, 0.29) is 17.4 Å². The van der Waals surface area contributed by atoms with E-state index < -0.39 is 7.04 Å². The van der Waals surface area contributed by atoms with Gasteiger partial charge in [0.15, 0.2) is 0 Å². The molecule has 2 aliphatic rings. The highest BCUT2D eigenvalue weighted by molar-refractivity contribution is 5.04. The fourth-order valence-corrected chi connectivity index (χ4v) is 3.02. The lowest BCUT2D eigenvalue weighted by molar-refractivity contribution is 0.0860. The maximum absolute atomic E-state index is 9.33. The van der Waals surface area contributed by atoms with Crippen LogP contribution in [0.25, 0.3) is 0 Å². The van der Waals surface area contributed by atoms with Crippen molar-refractivity contribution in [3.63, 3.8) is 0 Å². The Morgan fingerprint density at radius 1 is 1.33 bits per heavy atom. The molecule has 0 amide bonds. The van der Waals surface area contributed by atoms with Crippen LogP contribution in [0.15, 0.2) is 0 Å². The molecule has 0 atom stereocenters. The van der Waals surface area contributed by atoms with Crippen LogP contribution in [0.3, 0.4) is 0 Å². The molecule has 0 aromatic carbocycles. The van der Waals surface area contributed by atoms with Gasteiger partial charge >= 0.3 is 0 Å². The molecule has 12 heavy (non-hydrogen) atoms. The van der Waals surface area contributed by atoms with E-state index in [1.165, 1.54) is 0 Å². The minimum absolute atomic E-state index is 0.0388. The minimum Gasteiger partial charge on any atom is -0.396 e. The Labute approximate surface area is 78.1 Å². The third kappa shape index (κ3) is 1.09. The number of methoxy groups -OCH3 is 1. The zero-order chi connectivity index (χ0) is 11.2. The number of fused-ring (bicyclic) bond motifs is 2. The average Bonchev–Trinajstić information content (AvgIpc) is 2.71. The van der Waals surface area contributed by atoms with Crippen molar-refractivity contribution in [1.82, 2.24) is 0 Å². The molecular formula is C10H18O2. The molecule has 2 heteroatoms. The highest BCUT2D eigenvalue weighted by Gasteiger charge is 2.53. The standard InChI is InChI=1S/C10H18O2/c1-12-8-10-4-2-9(6-10,7-11)3-5-10/h11H,2-8H2,1H3/i1D3. The van der Waals surface area contributed by atoms with Gasteiger partial charge in [-0.25, -0.2) is 0 Å². The van der Waals surface area contributed by atoms with Crippen LogP contribution in [-0.4, -0.2) is 25.4 Å². The number of ether oxygens (including phenoxy) is 1. The van der Waals surface area contributed by atoms with Gasteiger partial charge in [-0.05, 0) is 42.9 Å². The summed E-state index contributed by atoms with van der Waals surface area (Å²) in [6.07, 6.45) is 4.99. The fraction of sp³-hybridized carbons (Fsp3) is 1.00. The van der Waals surface area contributed by atoms with Crippen molar-refractivity contribution in [3.05, 3.63) is 0 Å². The molecule has 2 bridgehead atoms. The summed E-state index contributed by atoms with van der Waals surface area (Å²) in [6.45, 7) is 0.563.